The molecule has 0 fully saturated rings. The van der Waals surface area contributed by atoms with Gasteiger partial charge in [-0.05, 0) is 45.8 Å². The number of hydrazone groups is 1. The van der Waals surface area contributed by atoms with Crippen molar-refractivity contribution in [2.75, 3.05) is 13.7 Å². The number of esters is 1. The van der Waals surface area contributed by atoms with Gasteiger partial charge in [-0.1, -0.05) is 0 Å². The van der Waals surface area contributed by atoms with E-state index in [1.165, 1.54) is 38.4 Å². The van der Waals surface area contributed by atoms with Crippen molar-refractivity contribution in [3.05, 3.63) is 56.5 Å². The Bertz CT molecular complexity index is 962. The second-order valence-corrected chi connectivity index (χ2v) is 6.31. The molecule has 0 atom stereocenters. The topological polar surface area (TPSA) is 129 Å². The molecule has 0 saturated carbocycles. The van der Waals surface area contributed by atoms with Crippen LogP contribution in [-0.2, 0) is 9.59 Å². The van der Waals surface area contributed by atoms with Crippen LogP contribution in [0.25, 0.3) is 0 Å². The standard InChI is InChI=1S/C18H16BrN3O7/c1-11(23)29-16-5-3-12(7-17(16)27-2)9-20-21-18(24)10-28-15-6-4-13(22(25)26)8-14(15)19/h3-9H,10H2,1-2H3,(H,21,24)/b20-9-. The van der Waals surface area contributed by atoms with E-state index in [4.69, 9.17) is 14.2 Å². The van der Waals surface area contributed by atoms with Crippen LogP contribution in [0.5, 0.6) is 17.2 Å². The third-order valence-corrected chi connectivity index (χ3v) is 3.95. The number of nitro groups is 1. The normalized spacial score (nSPS) is 10.4. The number of hydrogen-bond donors (Lipinski definition) is 1. The van der Waals surface area contributed by atoms with Gasteiger partial charge >= 0.3 is 5.97 Å². The monoisotopic (exact) mass is 465 g/mol. The lowest BCUT2D eigenvalue weighted by Crippen LogP contribution is -2.24. The Morgan fingerprint density at radius 1 is 1.21 bits per heavy atom. The number of hydrogen-bond acceptors (Lipinski definition) is 8. The lowest BCUT2D eigenvalue weighted by molar-refractivity contribution is -0.385. The number of rotatable bonds is 8. The molecule has 2 aromatic carbocycles. The van der Waals surface area contributed by atoms with Crippen LogP contribution in [-0.4, -0.2) is 36.7 Å². The number of methoxy groups -OCH3 is 1. The first-order valence-electron chi connectivity index (χ1n) is 8.05. The molecule has 0 unspecified atom stereocenters. The summed E-state index contributed by atoms with van der Waals surface area (Å²) in [4.78, 5) is 33.1. The molecule has 0 spiro atoms. The minimum Gasteiger partial charge on any atom is -0.493 e. The fraction of sp³-hybridized carbons (Fsp3) is 0.167. The average molecular weight is 466 g/mol. The van der Waals surface area contributed by atoms with Gasteiger partial charge in [0.15, 0.2) is 18.1 Å². The van der Waals surface area contributed by atoms with Crippen LogP contribution in [0, 0.1) is 10.1 Å². The SMILES string of the molecule is COc1cc(/C=N\NC(=O)COc2ccc([N+](=O)[O-])cc2Br)ccc1OC(C)=O. The zero-order valence-electron chi connectivity index (χ0n) is 15.4. The van der Waals surface area contributed by atoms with Crippen molar-refractivity contribution in [3.8, 4) is 17.2 Å². The van der Waals surface area contributed by atoms with Crippen molar-refractivity contribution in [1.82, 2.24) is 5.43 Å². The van der Waals surface area contributed by atoms with Gasteiger partial charge in [0.05, 0.1) is 22.7 Å². The van der Waals surface area contributed by atoms with Crippen molar-refractivity contribution < 1.29 is 28.7 Å². The highest BCUT2D eigenvalue weighted by molar-refractivity contribution is 9.10. The summed E-state index contributed by atoms with van der Waals surface area (Å²) in [7, 11) is 1.43. The van der Waals surface area contributed by atoms with E-state index < -0.39 is 16.8 Å². The predicted octanol–water partition coefficient (Wildman–Crippen LogP) is 2.82. The van der Waals surface area contributed by atoms with Gasteiger partial charge in [0, 0.05) is 19.1 Å². The van der Waals surface area contributed by atoms with Gasteiger partial charge in [0.2, 0.25) is 0 Å². The van der Waals surface area contributed by atoms with Crippen LogP contribution in [0.1, 0.15) is 12.5 Å². The molecule has 0 radical (unpaired) electrons. The number of nitrogens with zero attached hydrogens (tertiary/aromatic N) is 2. The first kappa shape index (κ1) is 21.8. The van der Waals surface area contributed by atoms with Crippen molar-refractivity contribution >= 4 is 39.7 Å². The number of nitrogens with one attached hydrogen (secondary N) is 1. The number of amides is 1. The van der Waals surface area contributed by atoms with E-state index >= 15 is 0 Å². The molecule has 11 heteroatoms. The van der Waals surface area contributed by atoms with Gasteiger partial charge < -0.3 is 14.2 Å². The van der Waals surface area contributed by atoms with Crippen molar-refractivity contribution in [3.63, 3.8) is 0 Å². The second kappa shape index (κ2) is 10.2. The predicted molar refractivity (Wildman–Crippen MR) is 106 cm³/mol. The van der Waals surface area contributed by atoms with Gasteiger partial charge in [0.25, 0.3) is 11.6 Å². The van der Waals surface area contributed by atoms with Crippen molar-refractivity contribution in [1.29, 1.82) is 0 Å². The van der Waals surface area contributed by atoms with Crippen molar-refractivity contribution in [2.24, 2.45) is 5.10 Å². The molecule has 1 amide bonds. The maximum atomic E-state index is 11.8. The molecule has 10 nitrogen and oxygen atoms in total. The largest absolute Gasteiger partial charge is 0.493 e. The zero-order valence-corrected chi connectivity index (χ0v) is 17.0. The van der Waals surface area contributed by atoms with Crippen molar-refractivity contribution in [2.45, 2.75) is 6.92 Å². The average Bonchev–Trinajstić information content (AvgIpc) is 2.67. The highest BCUT2D eigenvalue weighted by Gasteiger charge is 2.11. The molecule has 0 aliphatic rings. The molecule has 0 aliphatic carbocycles. The van der Waals surface area contributed by atoms with Gasteiger partial charge in [-0.3, -0.25) is 19.7 Å². The molecule has 2 rings (SSSR count). The summed E-state index contributed by atoms with van der Waals surface area (Å²) in [5, 5.41) is 14.5. The summed E-state index contributed by atoms with van der Waals surface area (Å²) >= 11 is 3.15. The summed E-state index contributed by atoms with van der Waals surface area (Å²) < 4.78 is 15.8. The Morgan fingerprint density at radius 3 is 2.55 bits per heavy atom. The molecular weight excluding hydrogens is 450 g/mol. The summed E-state index contributed by atoms with van der Waals surface area (Å²) in [5.74, 6) is -0.128. The number of ether oxygens (including phenoxy) is 3. The van der Waals surface area contributed by atoms with Crippen LogP contribution < -0.4 is 19.6 Å². The third-order valence-electron chi connectivity index (χ3n) is 3.33. The number of halogens is 1. The van der Waals surface area contributed by atoms with Gasteiger partial charge in [-0.15, -0.1) is 0 Å². The molecule has 0 aliphatic heterocycles. The highest BCUT2D eigenvalue weighted by atomic mass is 79.9. The summed E-state index contributed by atoms with van der Waals surface area (Å²) in [6.45, 7) is 0.935. The minimum absolute atomic E-state index is 0.103. The minimum atomic E-state index is -0.538. The number of nitro benzene ring substituents is 1. The van der Waals surface area contributed by atoms with E-state index in [1.54, 1.807) is 18.2 Å². The smallest absolute Gasteiger partial charge is 0.308 e. The Balaban J connectivity index is 1.91. The first-order valence-corrected chi connectivity index (χ1v) is 8.84. The Morgan fingerprint density at radius 2 is 1.93 bits per heavy atom. The molecule has 0 heterocycles. The van der Waals surface area contributed by atoms with Crippen LogP contribution in [0.3, 0.4) is 0 Å². The molecule has 0 aromatic heterocycles. The molecule has 152 valence electrons. The van der Waals surface area contributed by atoms with Gasteiger partial charge in [-0.25, -0.2) is 5.43 Å². The van der Waals surface area contributed by atoms with Gasteiger partial charge in [-0.2, -0.15) is 5.10 Å². The molecule has 2 aromatic rings. The lowest BCUT2D eigenvalue weighted by atomic mass is 10.2. The van der Waals surface area contributed by atoms with Crippen LogP contribution >= 0.6 is 15.9 Å². The number of benzene rings is 2. The van der Waals surface area contributed by atoms with E-state index in [0.717, 1.165) is 0 Å². The van der Waals surface area contributed by atoms with E-state index in [1.807, 2.05) is 0 Å². The lowest BCUT2D eigenvalue weighted by Gasteiger charge is -2.08. The molecule has 0 saturated heterocycles. The molecule has 29 heavy (non-hydrogen) atoms. The number of carbonyl (C=O) groups is 2. The molecular formula is C18H16BrN3O7. The third kappa shape index (κ3) is 6.57. The fourth-order valence-corrected chi connectivity index (χ4v) is 2.56. The summed E-state index contributed by atoms with van der Waals surface area (Å²) in [6.07, 6.45) is 1.37. The van der Waals surface area contributed by atoms with Gasteiger partial charge in [0.1, 0.15) is 5.75 Å². The molecule has 0 bridgehead atoms. The van der Waals surface area contributed by atoms with Crippen LogP contribution in [0.4, 0.5) is 5.69 Å². The second-order valence-electron chi connectivity index (χ2n) is 5.46. The Labute approximate surface area is 173 Å². The van der Waals surface area contributed by atoms with E-state index in [0.29, 0.717) is 15.8 Å². The Kier molecular flexibility index (Phi) is 7.66. The number of carbonyl (C=O) groups excluding carboxylic acids is 2. The van der Waals surface area contributed by atoms with E-state index in [9.17, 15) is 19.7 Å². The number of non-ortho nitro benzene ring substituents is 1. The maximum absolute atomic E-state index is 11.8. The van der Waals surface area contributed by atoms with E-state index in [2.05, 4.69) is 26.5 Å². The van der Waals surface area contributed by atoms with Crippen LogP contribution in [0.15, 0.2) is 46.0 Å². The Hall–Kier alpha value is -3.47. The highest BCUT2D eigenvalue weighted by Crippen LogP contribution is 2.29. The summed E-state index contributed by atoms with van der Waals surface area (Å²) in [5.41, 5.74) is 2.78. The quantitative estimate of drug-likeness (QED) is 0.208. The first-order chi connectivity index (χ1) is 13.8. The van der Waals surface area contributed by atoms with E-state index in [-0.39, 0.29) is 23.8 Å². The maximum Gasteiger partial charge on any atom is 0.308 e. The molecule has 1 N–H and O–H groups in total. The fourth-order valence-electron chi connectivity index (χ4n) is 2.08. The summed E-state index contributed by atoms with van der Waals surface area (Å²) in [6, 6.07) is 8.68. The zero-order chi connectivity index (χ0) is 21.4. The van der Waals surface area contributed by atoms with Crippen LogP contribution in [0.2, 0.25) is 0 Å².